The van der Waals surface area contributed by atoms with Crippen molar-refractivity contribution in [2.45, 2.75) is 52.6 Å². The number of nitrogens with zero attached hydrogens (tertiary/aromatic N) is 3. The summed E-state index contributed by atoms with van der Waals surface area (Å²) in [6.45, 7) is 7.11. The Balaban J connectivity index is 1.46. The molecule has 10 heteroatoms. The standard InChI is InChI=1S/C27H32N6O4/c1-15(2)23(24(35)26-31-22(37-32-26)13-18-9-7-8-16(3)12-18)30-21(34)14-33-20-11-6-5-10-19(20)17(4)29-25(28)27(33)36/h5-12,15,22-23,25H,13-14,28H2,1-4H3,(H,30,34)(H,31,32). The second-order valence-corrected chi connectivity index (χ2v) is 9.60. The Morgan fingerprint density at radius 2 is 1.89 bits per heavy atom. The third-order valence-electron chi connectivity index (χ3n) is 6.29. The third-order valence-corrected chi connectivity index (χ3v) is 6.29. The number of carbonyl (C=O) groups excluding carboxylic acids is 3. The highest BCUT2D eigenvalue weighted by Gasteiger charge is 2.34. The molecule has 0 bridgehead atoms. The molecule has 2 aromatic rings. The van der Waals surface area contributed by atoms with E-state index < -0.39 is 36.0 Å². The lowest BCUT2D eigenvalue weighted by Crippen LogP contribution is -2.53. The van der Waals surface area contributed by atoms with Crippen molar-refractivity contribution >= 4 is 34.8 Å². The van der Waals surface area contributed by atoms with Crippen LogP contribution in [0.2, 0.25) is 0 Å². The first-order chi connectivity index (χ1) is 17.6. The van der Waals surface area contributed by atoms with E-state index in [0.29, 0.717) is 17.8 Å². The van der Waals surface area contributed by atoms with Crippen LogP contribution < -0.4 is 21.4 Å². The summed E-state index contributed by atoms with van der Waals surface area (Å²) in [5, 5.41) is 2.77. The molecule has 0 aromatic heterocycles. The van der Waals surface area contributed by atoms with E-state index in [1.165, 1.54) is 4.90 Å². The first-order valence-electron chi connectivity index (χ1n) is 12.2. The summed E-state index contributed by atoms with van der Waals surface area (Å²) in [5.41, 5.74) is 12.6. The number of amidine groups is 1. The highest BCUT2D eigenvalue weighted by atomic mass is 16.7. The van der Waals surface area contributed by atoms with Crippen molar-refractivity contribution in [3.8, 4) is 0 Å². The summed E-state index contributed by atoms with van der Waals surface area (Å²) in [7, 11) is 0. The van der Waals surface area contributed by atoms with Crippen molar-refractivity contribution in [1.29, 1.82) is 0 Å². The molecule has 0 radical (unpaired) electrons. The second-order valence-electron chi connectivity index (χ2n) is 9.60. The van der Waals surface area contributed by atoms with Gasteiger partial charge in [-0.2, -0.15) is 0 Å². The first kappa shape index (κ1) is 26.2. The van der Waals surface area contributed by atoms with Crippen LogP contribution in [0.5, 0.6) is 0 Å². The van der Waals surface area contributed by atoms with Crippen LogP contribution >= 0.6 is 0 Å². The van der Waals surface area contributed by atoms with Crippen LogP contribution in [0.3, 0.4) is 0 Å². The molecule has 0 fully saturated rings. The minimum absolute atomic E-state index is 0.0545. The minimum atomic E-state index is -1.12. The van der Waals surface area contributed by atoms with Crippen LogP contribution in [0.15, 0.2) is 58.5 Å². The molecule has 0 saturated carbocycles. The molecule has 0 saturated heterocycles. The van der Waals surface area contributed by atoms with E-state index in [4.69, 9.17) is 10.6 Å². The number of hydrogen-bond donors (Lipinski definition) is 3. The Morgan fingerprint density at radius 3 is 2.62 bits per heavy atom. The Labute approximate surface area is 215 Å². The molecule has 4 rings (SSSR count). The number of aliphatic imine (C=N–C) groups is 2. The predicted molar refractivity (Wildman–Crippen MR) is 141 cm³/mol. The zero-order valence-electron chi connectivity index (χ0n) is 21.4. The van der Waals surface area contributed by atoms with Gasteiger partial charge in [0.1, 0.15) is 6.54 Å². The van der Waals surface area contributed by atoms with Crippen LogP contribution in [-0.2, 0) is 25.6 Å². The summed E-state index contributed by atoms with van der Waals surface area (Å²) in [6, 6.07) is 14.3. The molecule has 3 unspecified atom stereocenters. The number of benzene rings is 2. The van der Waals surface area contributed by atoms with E-state index in [9.17, 15) is 14.4 Å². The lowest BCUT2D eigenvalue weighted by molar-refractivity contribution is -0.127. The van der Waals surface area contributed by atoms with E-state index >= 15 is 0 Å². The van der Waals surface area contributed by atoms with Gasteiger partial charge in [0.05, 0.1) is 11.7 Å². The number of Topliss-reactive ketones (excluding diaryl/α,β-unsaturated/α-hetero) is 1. The molecular formula is C27H32N6O4. The fraction of sp³-hybridized carbons (Fsp3) is 0.370. The molecule has 4 N–H and O–H groups in total. The van der Waals surface area contributed by atoms with Crippen molar-refractivity contribution in [3.63, 3.8) is 0 Å². The molecule has 2 heterocycles. The van der Waals surface area contributed by atoms with Gasteiger partial charge in [-0.15, -0.1) is 0 Å². The van der Waals surface area contributed by atoms with E-state index in [1.54, 1.807) is 19.1 Å². The monoisotopic (exact) mass is 504 g/mol. The van der Waals surface area contributed by atoms with Gasteiger partial charge in [0.25, 0.3) is 5.91 Å². The molecule has 2 aromatic carbocycles. The molecule has 194 valence electrons. The van der Waals surface area contributed by atoms with Gasteiger partial charge in [0.2, 0.25) is 11.7 Å². The molecule has 0 spiro atoms. The lowest BCUT2D eigenvalue weighted by atomic mass is 9.99. The summed E-state index contributed by atoms with van der Waals surface area (Å²) in [6.07, 6.45) is -1.18. The molecule has 2 aliphatic rings. The Morgan fingerprint density at radius 1 is 1.14 bits per heavy atom. The fourth-order valence-corrected chi connectivity index (χ4v) is 4.40. The van der Waals surface area contributed by atoms with Gasteiger partial charge in [0.15, 0.2) is 18.2 Å². The molecule has 2 amide bonds. The smallest absolute Gasteiger partial charge is 0.266 e. The lowest BCUT2D eigenvalue weighted by Gasteiger charge is -2.26. The number of aryl methyl sites for hydroxylation is 1. The third kappa shape index (κ3) is 5.92. The van der Waals surface area contributed by atoms with Crippen molar-refractivity contribution in [2.24, 2.45) is 21.6 Å². The van der Waals surface area contributed by atoms with Gasteiger partial charge in [-0.1, -0.05) is 61.9 Å². The van der Waals surface area contributed by atoms with Crippen molar-refractivity contribution < 1.29 is 19.2 Å². The molecule has 3 atom stereocenters. The Kier molecular flexibility index (Phi) is 7.80. The largest absolute Gasteiger partial charge is 0.344 e. The van der Waals surface area contributed by atoms with E-state index in [1.807, 2.05) is 57.2 Å². The van der Waals surface area contributed by atoms with Crippen molar-refractivity contribution in [1.82, 2.24) is 10.8 Å². The van der Waals surface area contributed by atoms with E-state index in [-0.39, 0.29) is 18.3 Å². The average molecular weight is 505 g/mol. The van der Waals surface area contributed by atoms with Gasteiger partial charge in [0, 0.05) is 17.7 Å². The van der Waals surface area contributed by atoms with Gasteiger partial charge in [-0.25, -0.2) is 15.3 Å². The van der Waals surface area contributed by atoms with Crippen LogP contribution in [0, 0.1) is 12.8 Å². The molecule has 10 nitrogen and oxygen atoms in total. The van der Waals surface area contributed by atoms with E-state index in [2.05, 4.69) is 20.8 Å². The zero-order chi connectivity index (χ0) is 26.7. The van der Waals surface area contributed by atoms with Crippen LogP contribution in [0.4, 0.5) is 5.69 Å². The minimum Gasteiger partial charge on any atom is -0.344 e. The first-order valence-corrected chi connectivity index (χ1v) is 12.2. The van der Waals surface area contributed by atoms with Crippen LogP contribution in [0.1, 0.15) is 37.5 Å². The molecule has 2 aliphatic heterocycles. The number of ketones is 1. The number of para-hydroxylation sites is 1. The molecule has 0 aliphatic carbocycles. The number of fused-ring (bicyclic) bond motifs is 1. The highest BCUT2D eigenvalue weighted by Crippen LogP contribution is 2.25. The number of hydroxylamine groups is 1. The van der Waals surface area contributed by atoms with Crippen molar-refractivity contribution in [3.05, 3.63) is 65.2 Å². The SMILES string of the molecule is CC1=NC(N)C(=O)N(CC(=O)NC(C(=O)C2=NC(Cc3cccc(C)c3)ON2)C(C)C)c2ccccc21. The van der Waals surface area contributed by atoms with Gasteiger partial charge >= 0.3 is 0 Å². The number of amides is 2. The number of anilines is 1. The van der Waals surface area contributed by atoms with Gasteiger partial charge in [-0.3, -0.25) is 24.3 Å². The second kappa shape index (κ2) is 11.0. The predicted octanol–water partition coefficient (Wildman–Crippen LogP) is 1.65. The van der Waals surface area contributed by atoms with Gasteiger partial charge in [-0.05, 0) is 31.4 Å². The van der Waals surface area contributed by atoms with E-state index in [0.717, 1.165) is 16.7 Å². The van der Waals surface area contributed by atoms with Crippen molar-refractivity contribution in [2.75, 3.05) is 11.4 Å². The maximum atomic E-state index is 13.3. The number of rotatable bonds is 8. The van der Waals surface area contributed by atoms with Gasteiger partial charge < -0.3 is 11.1 Å². The number of nitrogens with one attached hydrogen (secondary N) is 2. The molecule has 37 heavy (non-hydrogen) atoms. The topological polar surface area (TPSA) is 138 Å². The normalized spacial score (nSPS) is 19.9. The average Bonchev–Trinajstić information content (AvgIpc) is 3.30. The maximum Gasteiger partial charge on any atom is 0.266 e. The number of carbonyl (C=O) groups is 3. The number of hydrogen-bond acceptors (Lipinski definition) is 8. The zero-order valence-corrected chi connectivity index (χ0v) is 21.4. The fourth-order valence-electron chi connectivity index (χ4n) is 4.40. The maximum absolute atomic E-state index is 13.3. The Hall–Kier alpha value is -3.89. The number of benzodiazepines with no additional fused rings is 1. The molecular weight excluding hydrogens is 472 g/mol. The van der Waals surface area contributed by atoms with Crippen LogP contribution in [-0.4, -0.2) is 54.1 Å². The summed E-state index contributed by atoms with van der Waals surface area (Å²) < 4.78 is 0. The highest BCUT2D eigenvalue weighted by molar-refractivity contribution is 6.41. The summed E-state index contributed by atoms with van der Waals surface area (Å²) >= 11 is 0. The summed E-state index contributed by atoms with van der Waals surface area (Å²) in [5.74, 6) is -1.58. The Bertz CT molecular complexity index is 1270. The number of nitrogens with two attached hydrogens (primary N) is 1. The quantitative estimate of drug-likeness (QED) is 0.500. The van der Waals surface area contributed by atoms with Crippen LogP contribution in [0.25, 0.3) is 0 Å². The summed E-state index contributed by atoms with van der Waals surface area (Å²) in [4.78, 5) is 54.8.